The van der Waals surface area contributed by atoms with Crippen LogP contribution in [-0.4, -0.2) is 52.3 Å². The number of H-pyrrole nitrogens is 1. The number of piperidine rings is 1. The van der Waals surface area contributed by atoms with Gasteiger partial charge in [-0.25, -0.2) is 14.2 Å². The number of benzene rings is 1. The maximum atomic E-state index is 13.4. The van der Waals surface area contributed by atoms with Gasteiger partial charge in [0.15, 0.2) is 0 Å². The first-order chi connectivity index (χ1) is 15.9. The van der Waals surface area contributed by atoms with Crippen LogP contribution in [0.1, 0.15) is 58.1 Å². The van der Waals surface area contributed by atoms with Crippen LogP contribution in [0.25, 0.3) is 21.8 Å². The SMILES string of the molecule is CCC.COC(=O)N1CCC(c2[nH]nc(-c3ccc(F)cc3)c2-c2nc(C(N)=O)cs2)CC1.[HH].[HH]. The predicted octanol–water partition coefficient (Wildman–Crippen LogP) is 5.29. The summed E-state index contributed by atoms with van der Waals surface area (Å²) >= 11 is 1.30. The summed E-state index contributed by atoms with van der Waals surface area (Å²) in [4.78, 5) is 29.4. The molecule has 3 N–H and O–H groups in total. The van der Waals surface area contributed by atoms with Gasteiger partial charge in [-0.15, -0.1) is 11.3 Å². The number of ether oxygens (including phenoxy) is 1. The lowest BCUT2D eigenvalue weighted by molar-refractivity contribution is 0.0996. The van der Waals surface area contributed by atoms with E-state index >= 15 is 0 Å². The van der Waals surface area contributed by atoms with E-state index in [9.17, 15) is 14.0 Å². The number of methoxy groups -OCH3 is 1. The maximum absolute atomic E-state index is 13.4. The molecule has 0 spiro atoms. The number of halogens is 1. The molecule has 33 heavy (non-hydrogen) atoms. The van der Waals surface area contributed by atoms with Crippen molar-refractivity contribution in [1.82, 2.24) is 20.1 Å². The lowest BCUT2D eigenvalue weighted by Gasteiger charge is -2.30. The van der Waals surface area contributed by atoms with Gasteiger partial charge in [0.05, 0.1) is 12.7 Å². The fourth-order valence-corrected chi connectivity index (χ4v) is 4.53. The summed E-state index contributed by atoms with van der Waals surface area (Å²) in [6.45, 7) is 5.37. The zero-order valence-electron chi connectivity index (χ0n) is 18.9. The second-order valence-electron chi connectivity index (χ2n) is 7.71. The fourth-order valence-electron chi connectivity index (χ4n) is 3.67. The van der Waals surface area contributed by atoms with Gasteiger partial charge in [-0.3, -0.25) is 9.89 Å². The van der Waals surface area contributed by atoms with Crippen LogP contribution in [-0.2, 0) is 4.74 Å². The van der Waals surface area contributed by atoms with Crippen LogP contribution >= 0.6 is 11.3 Å². The number of carbonyl (C=O) groups is 2. The Morgan fingerprint density at radius 1 is 1.27 bits per heavy atom. The Bertz CT molecular complexity index is 1100. The number of hydrogen-bond acceptors (Lipinski definition) is 6. The second kappa shape index (κ2) is 11.0. The number of nitrogens with one attached hydrogen (secondary N) is 1. The molecule has 3 aromatic rings. The molecule has 0 aliphatic carbocycles. The molecule has 3 heterocycles. The third kappa shape index (κ3) is 5.57. The molecule has 2 aromatic heterocycles. The van der Waals surface area contributed by atoms with Gasteiger partial charge in [0.2, 0.25) is 0 Å². The van der Waals surface area contributed by atoms with Crippen LogP contribution < -0.4 is 5.73 Å². The van der Waals surface area contributed by atoms with Crippen molar-refractivity contribution in [2.45, 2.75) is 39.0 Å². The zero-order chi connectivity index (χ0) is 24.0. The lowest BCUT2D eigenvalue weighted by Crippen LogP contribution is -2.37. The summed E-state index contributed by atoms with van der Waals surface area (Å²) in [6.07, 6.45) is 2.36. The van der Waals surface area contributed by atoms with E-state index < -0.39 is 5.91 Å². The molecule has 4 rings (SSSR count). The Morgan fingerprint density at radius 2 is 1.91 bits per heavy atom. The van der Waals surface area contributed by atoms with Crippen LogP contribution in [0, 0.1) is 5.82 Å². The second-order valence-corrected chi connectivity index (χ2v) is 8.57. The molecular weight excluding hydrogens is 445 g/mol. The van der Waals surface area contributed by atoms with Gasteiger partial charge in [-0.05, 0) is 37.1 Å². The van der Waals surface area contributed by atoms with Crippen LogP contribution in [0.3, 0.4) is 0 Å². The molecule has 1 aliphatic rings. The van der Waals surface area contributed by atoms with Crippen LogP contribution in [0.5, 0.6) is 0 Å². The fraction of sp³-hybridized carbons (Fsp3) is 0.391. The average Bonchev–Trinajstić information content (AvgIpc) is 3.47. The number of likely N-dealkylation sites (tertiary alicyclic amines) is 1. The first-order valence-electron chi connectivity index (χ1n) is 10.8. The van der Waals surface area contributed by atoms with E-state index in [1.807, 2.05) is 0 Å². The van der Waals surface area contributed by atoms with E-state index in [0.29, 0.717) is 23.8 Å². The number of aromatic amines is 1. The van der Waals surface area contributed by atoms with Gasteiger partial charge < -0.3 is 15.4 Å². The van der Waals surface area contributed by atoms with Crippen molar-refractivity contribution in [3.05, 3.63) is 46.9 Å². The quantitative estimate of drug-likeness (QED) is 0.530. The molecule has 1 aliphatic heterocycles. The molecule has 0 radical (unpaired) electrons. The molecule has 1 fully saturated rings. The number of amides is 2. The smallest absolute Gasteiger partial charge is 0.409 e. The first kappa shape index (κ1) is 24.4. The minimum atomic E-state index is -0.600. The molecule has 10 heteroatoms. The number of thiazole rings is 1. The number of nitrogens with two attached hydrogens (primary N) is 1. The van der Waals surface area contributed by atoms with E-state index in [2.05, 4.69) is 29.0 Å². The van der Waals surface area contributed by atoms with Crippen molar-refractivity contribution in [3.63, 3.8) is 0 Å². The summed E-state index contributed by atoms with van der Waals surface area (Å²) in [7, 11) is 1.37. The number of primary amides is 1. The Balaban J connectivity index is 0.00000117. The molecule has 0 unspecified atom stereocenters. The molecule has 8 nitrogen and oxygen atoms in total. The summed E-state index contributed by atoms with van der Waals surface area (Å²) in [5.74, 6) is -0.822. The van der Waals surface area contributed by atoms with Gasteiger partial charge in [-0.1, -0.05) is 20.3 Å². The summed E-state index contributed by atoms with van der Waals surface area (Å²) in [5.41, 5.74) is 8.58. The minimum Gasteiger partial charge on any atom is -0.453 e. The van der Waals surface area contributed by atoms with E-state index in [1.54, 1.807) is 22.4 Å². The monoisotopic (exact) mass is 477 g/mol. The molecule has 0 saturated carbocycles. The minimum absolute atomic E-state index is 0. The van der Waals surface area contributed by atoms with Crippen molar-refractivity contribution in [3.8, 4) is 21.8 Å². The maximum Gasteiger partial charge on any atom is 0.409 e. The van der Waals surface area contributed by atoms with E-state index in [-0.39, 0.29) is 26.4 Å². The lowest BCUT2D eigenvalue weighted by atomic mass is 9.90. The molecular formula is C23H32FN5O3S. The third-order valence-electron chi connectivity index (χ3n) is 5.22. The Hall–Kier alpha value is -3.27. The number of aromatic nitrogens is 3. The van der Waals surface area contributed by atoms with Crippen LogP contribution in [0.2, 0.25) is 0 Å². The normalized spacial score (nSPS) is 13.9. The zero-order valence-corrected chi connectivity index (χ0v) is 19.7. The van der Waals surface area contributed by atoms with Crippen molar-refractivity contribution in [2.75, 3.05) is 20.2 Å². The highest BCUT2D eigenvalue weighted by Gasteiger charge is 2.30. The molecule has 2 amide bonds. The van der Waals surface area contributed by atoms with Crippen LogP contribution in [0.4, 0.5) is 9.18 Å². The van der Waals surface area contributed by atoms with Gasteiger partial charge in [-0.2, -0.15) is 5.10 Å². The topological polar surface area (TPSA) is 114 Å². The highest BCUT2D eigenvalue weighted by Crippen LogP contribution is 2.41. The highest BCUT2D eigenvalue weighted by atomic mass is 32.1. The van der Waals surface area contributed by atoms with E-state index in [1.165, 1.54) is 37.0 Å². The van der Waals surface area contributed by atoms with E-state index in [0.717, 1.165) is 29.7 Å². The molecule has 0 bridgehead atoms. The Labute approximate surface area is 198 Å². The standard InChI is InChI=1S/C20H20FN5O3S.C3H8.2H2/c1-29-20(28)26-8-6-12(7-9-26)17-15(19-23-14(10-30-19)18(22)27)16(24-25-17)11-2-4-13(21)5-3-11;1-3-2;;/h2-5,10,12H,6-9H2,1H3,(H2,22,27)(H,24,25);3H2,1-2H3;2*1H. The summed E-state index contributed by atoms with van der Waals surface area (Å²) in [6, 6.07) is 6.06. The van der Waals surface area contributed by atoms with Crippen molar-refractivity contribution in [1.29, 1.82) is 0 Å². The number of carbonyl (C=O) groups excluding carboxylic acids is 2. The molecule has 180 valence electrons. The summed E-state index contributed by atoms with van der Waals surface area (Å²) in [5, 5.41) is 9.84. The third-order valence-corrected chi connectivity index (χ3v) is 6.08. The van der Waals surface area contributed by atoms with Crippen LogP contribution in [0.15, 0.2) is 29.6 Å². The van der Waals surface area contributed by atoms with Crippen molar-refractivity contribution >= 4 is 23.3 Å². The molecule has 1 saturated heterocycles. The predicted molar refractivity (Wildman–Crippen MR) is 130 cm³/mol. The molecule has 1 aromatic carbocycles. The highest BCUT2D eigenvalue weighted by molar-refractivity contribution is 7.13. The number of rotatable bonds is 4. The van der Waals surface area contributed by atoms with E-state index in [4.69, 9.17) is 10.5 Å². The van der Waals surface area contributed by atoms with Crippen molar-refractivity contribution in [2.24, 2.45) is 5.73 Å². The van der Waals surface area contributed by atoms with Gasteiger partial charge in [0, 0.05) is 38.5 Å². The van der Waals surface area contributed by atoms with Gasteiger partial charge in [0.25, 0.3) is 5.91 Å². The molecule has 0 atom stereocenters. The average molecular weight is 478 g/mol. The largest absolute Gasteiger partial charge is 0.453 e. The van der Waals surface area contributed by atoms with Crippen molar-refractivity contribution < 1.29 is 21.6 Å². The Morgan fingerprint density at radius 3 is 2.45 bits per heavy atom. The van der Waals surface area contributed by atoms with Gasteiger partial charge in [0.1, 0.15) is 22.2 Å². The van der Waals surface area contributed by atoms with Gasteiger partial charge >= 0.3 is 6.09 Å². The first-order valence-corrected chi connectivity index (χ1v) is 11.7. The number of nitrogens with zero attached hydrogens (tertiary/aromatic N) is 3. The summed E-state index contributed by atoms with van der Waals surface area (Å²) < 4.78 is 18.2. The Kier molecular flexibility index (Phi) is 8.16. The number of hydrogen-bond donors (Lipinski definition) is 2.